The van der Waals surface area contributed by atoms with Gasteiger partial charge < -0.3 is 10.6 Å². The van der Waals surface area contributed by atoms with Gasteiger partial charge in [0.15, 0.2) is 0 Å². The maximum Gasteiger partial charge on any atom is 0.223 e. The van der Waals surface area contributed by atoms with Crippen LogP contribution in [0.4, 0.5) is 0 Å². The zero-order chi connectivity index (χ0) is 14.5. The van der Waals surface area contributed by atoms with E-state index in [0.29, 0.717) is 24.9 Å². The lowest BCUT2D eigenvalue weighted by atomic mass is 10.1. The maximum atomic E-state index is 11.7. The highest BCUT2D eigenvalue weighted by molar-refractivity contribution is 5.79. The summed E-state index contributed by atoms with van der Waals surface area (Å²) in [5.74, 6) is 1.77. The highest BCUT2D eigenvalue weighted by Crippen LogP contribution is 2.37. The number of carbonyl (C=O) groups is 2. The van der Waals surface area contributed by atoms with Crippen molar-refractivity contribution < 1.29 is 9.59 Å². The molecule has 2 unspecified atom stereocenters. The van der Waals surface area contributed by atoms with Gasteiger partial charge in [-0.05, 0) is 37.5 Å². The van der Waals surface area contributed by atoms with Gasteiger partial charge in [0.25, 0.3) is 0 Å². The third-order valence-corrected chi connectivity index (χ3v) is 4.44. The van der Waals surface area contributed by atoms with Gasteiger partial charge in [-0.1, -0.05) is 26.0 Å². The monoisotopic (exact) mass is 278 g/mol. The summed E-state index contributed by atoms with van der Waals surface area (Å²) in [5, 5.41) is 5.81. The molecule has 0 radical (unpaired) electrons. The average molecular weight is 278 g/mol. The van der Waals surface area contributed by atoms with Crippen LogP contribution in [0.3, 0.4) is 0 Å². The summed E-state index contributed by atoms with van der Waals surface area (Å²) in [6, 6.07) is 0. The van der Waals surface area contributed by atoms with Gasteiger partial charge >= 0.3 is 0 Å². The highest BCUT2D eigenvalue weighted by Gasteiger charge is 2.32. The van der Waals surface area contributed by atoms with Gasteiger partial charge in [-0.25, -0.2) is 0 Å². The molecule has 112 valence electrons. The smallest absolute Gasteiger partial charge is 0.223 e. The molecule has 0 aromatic heterocycles. The van der Waals surface area contributed by atoms with Crippen LogP contribution in [-0.4, -0.2) is 24.9 Å². The van der Waals surface area contributed by atoms with Crippen molar-refractivity contribution in [3.05, 3.63) is 12.2 Å². The van der Waals surface area contributed by atoms with Crippen molar-refractivity contribution in [2.75, 3.05) is 13.1 Å². The first-order chi connectivity index (χ1) is 9.59. The van der Waals surface area contributed by atoms with Crippen LogP contribution in [0.2, 0.25) is 0 Å². The molecule has 0 heterocycles. The highest BCUT2D eigenvalue weighted by atomic mass is 16.2. The van der Waals surface area contributed by atoms with E-state index in [1.807, 2.05) is 26.0 Å². The third kappa shape index (κ3) is 4.66. The largest absolute Gasteiger partial charge is 0.352 e. The van der Waals surface area contributed by atoms with E-state index in [0.717, 1.165) is 0 Å². The normalized spacial score (nSPS) is 21.5. The SMILES string of the molecule is CC(C(=O)NCC=CCNC(=O)C(C)C1CC1)C1CC1. The number of hydrogen-bond acceptors (Lipinski definition) is 2. The molecule has 4 nitrogen and oxygen atoms in total. The van der Waals surface area contributed by atoms with E-state index < -0.39 is 0 Å². The van der Waals surface area contributed by atoms with E-state index in [2.05, 4.69) is 10.6 Å². The van der Waals surface area contributed by atoms with Crippen molar-refractivity contribution in [3.8, 4) is 0 Å². The molecule has 0 aromatic rings. The molecule has 2 amide bonds. The minimum Gasteiger partial charge on any atom is -0.352 e. The second-order valence-electron chi connectivity index (χ2n) is 6.21. The van der Waals surface area contributed by atoms with Crippen molar-refractivity contribution in [1.29, 1.82) is 0 Å². The molecule has 20 heavy (non-hydrogen) atoms. The molecule has 0 spiro atoms. The van der Waals surface area contributed by atoms with Gasteiger partial charge in [0.1, 0.15) is 0 Å². The Morgan fingerprint density at radius 1 is 0.900 bits per heavy atom. The molecule has 2 saturated carbocycles. The van der Waals surface area contributed by atoms with Gasteiger partial charge in [-0.3, -0.25) is 9.59 Å². The molecule has 0 aromatic carbocycles. The summed E-state index contributed by atoms with van der Waals surface area (Å²) in [4.78, 5) is 23.4. The van der Waals surface area contributed by atoms with Crippen LogP contribution in [0.25, 0.3) is 0 Å². The Hall–Kier alpha value is -1.32. The standard InChI is InChI=1S/C16H26N2O2/c1-11(13-5-6-13)15(19)17-9-3-4-10-18-16(20)12(2)14-7-8-14/h3-4,11-14H,5-10H2,1-2H3,(H,17,19)(H,18,20). The lowest BCUT2D eigenvalue weighted by molar-refractivity contribution is -0.125. The van der Waals surface area contributed by atoms with Crippen LogP contribution in [0, 0.1) is 23.7 Å². The van der Waals surface area contributed by atoms with Crippen molar-refractivity contribution in [2.24, 2.45) is 23.7 Å². The van der Waals surface area contributed by atoms with E-state index in [4.69, 9.17) is 0 Å². The number of hydrogen-bond donors (Lipinski definition) is 2. The Morgan fingerprint density at radius 3 is 1.55 bits per heavy atom. The zero-order valence-electron chi connectivity index (χ0n) is 12.5. The summed E-state index contributed by atoms with van der Waals surface area (Å²) in [6.07, 6.45) is 8.57. The minimum absolute atomic E-state index is 0.141. The summed E-state index contributed by atoms with van der Waals surface area (Å²) < 4.78 is 0. The van der Waals surface area contributed by atoms with Crippen LogP contribution >= 0.6 is 0 Å². The van der Waals surface area contributed by atoms with Crippen LogP contribution in [0.5, 0.6) is 0 Å². The minimum atomic E-state index is 0.141. The summed E-state index contributed by atoms with van der Waals surface area (Å²) >= 11 is 0. The summed E-state index contributed by atoms with van der Waals surface area (Å²) in [7, 11) is 0. The third-order valence-electron chi connectivity index (χ3n) is 4.44. The second kappa shape index (κ2) is 6.91. The van der Waals surface area contributed by atoms with Crippen molar-refractivity contribution in [2.45, 2.75) is 39.5 Å². The van der Waals surface area contributed by atoms with E-state index >= 15 is 0 Å². The maximum absolute atomic E-state index is 11.7. The average Bonchev–Trinajstić information content (AvgIpc) is 3.31. The van der Waals surface area contributed by atoms with Crippen LogP contribution in [-0.2, 0) is 9.59 Å². The van der Waals surface area contributed by atoms with Crippen molar-refractivity contribution >= 4 is 11.8 Å². The predicted molar refractivity (Wildman–Crippen MR) is 78.9 cm³/mol. The fraction of sp³-hybridized carbons (Fsp3) is 0.750. The number of carbonyl (C=O) groups excluding carboxylic acids is 2. The van der Waals surface area contributed by atoms with Gasteiger partial charge in [0.05, 0.1) is 0 Å². The molecule has 0 saturated heterocycles. The Bertz CT molecular complexity index is 348. The molecule has 2 N–H and O–H groups in total. The first-order valence-electron chi connectivity index (χ1n) is 7.80. The Kier molecular flexibility index (Phi) is 5.21. The van der Waals surface area contributed by atoms with E-state index in [1.54, 1.807) is 0 Å². The molecule has 4 heteroatoms. The van der Waals surface area contributed by atoms with Crippen molar-refractivity contribution in [1.82, 2.24) is 10.6 Å². The fourth-order valence-electron chi connectivity index (χ4n) is 2.43. The molecular weight excluding hydrogens is 252 g/mol. The lowest BCUT2D eigenvalue weighted by Crippen LogP contribution is -2.31. The van der Waals surface area contributed by atoms with Crippen LogP contribution < -0.4 is 10.6 Å². The molecule has 2 atom stereocenters. The fourth-order valence-corrected chi connectivity index (χ4v) is 2.43. The topological polar surface area (TPSA) is 58.2 Å². The molecule has 2 aliphatic carbocycles. The Morgan fingerprint density at radius 2 is 1.25 bits per heavy atom. The molecule has 2 aliphatic rings. The summed E-state index contributed by atoms with van der Waals surface area (Å²) in [5.41, 5.74) is 0. The molecule has 2 rings (SSSR count). The predicted octanol–water partition coefficient (Wildman–Crippen LogP) is 1.87. The number of rotatable bonds is 8. The molecule has 0 aliphatic heterocycles. The van der Waals surface area contributed by atoms with Gasteiger partial charge in [0, 0.05) is 24.9 Å². The van der Waals surface area contributed by atoms with Gasteiger partial charge in [-0.15, -0.1) is 0 Å². The Labute approximate surface area is 121 Å². The van der Waals surface area contributed by atoms with Gasteiger partial charge in [0.2, 0.25) is 11.8 Å². The van der Waals surface area contributed by atoms with Gasteiger partial charge in [-0.2, -0.15) is 0 Å². The number of nitrogens with one attached hydrogen (secondary N) is 2. The van der Waals surface area contributed by atoms with Crippen LogP contribution in [0.15, 0.2) is 12.2 Å². The second-order valence-corrected chi connectivity index (χ2v) is 6.21. The number of amides is 2. The van der Waals surface area contributed by atoms with E-state index in [9.17, 15) is 9.59 Å². The first-order valence-corrected chi connectivity index (χ1v) is 7.80. The molecular formula is C16H26N2O2. The molecule has 0 bridgehead atoms. The zero-order valence-corrected chi connectivity index (χ0v) is 12.5. The quantitative estimate of drug-likeness (QED) is 0.666. The van der Waals surface area contributed by atoms with Crippen molar-refractivity contribution in [3.63, 3.8) is 0 Å². The molecule has 2 fully saturated rings. The lowest BCUT2D eigenvalue weighted by Gasteiger charge is -2.10. The van der Waals surface area contributed by atoms with E-state index in [-0.39, 0.29) is 23.7 Å². The summed E-state index contributed by atoms with van der Waals surface area (Å²) in [6.45, 7) is 5.08. The van der Waals surface area contributed by atoms with E-state index in [1.165, 1.54) is 25.7 Å². The first kappa shape index (κ1) is 15.1. The Balaban J connectivity index is 1.52. The van der Waals surface area contributed by atoms with Crippen LogP contribution in [0.1, 0.15) is 39.5 Å².